The van der Waals surface area contributed by atoms with E-state index in [-0.39, 0.29) is 11.6 Å². The lowest BCUT2D eigenvalue weighted by atomic mass is 10.1. The van der Waals surface area contributed by atoms with Gasteiger partial charge in [-0.25, -0.2) is 13.7 Å². The summed E-state index contributed by atoms with van der Waals surface area (Å²) in [5, 5.41) is 16.6. The molecule has 0 saturated carbocycles. The molecule has 11 heteroatoms. The van der Waals surface area contributed by atoms with Crippen molar-refractivity contribution in [2.45, 2.75) is 19.1 Å². The van der Waals surface area contributed by atoms with Crippen LogP contribution >= 0.6 is 31.9 Å². The smallest absolute Gasteiger partial charge is 0.258 e. The van der Waals surface area contributed by atoms with E-state index in [0.717, 1.165) is 11.1 Å². The second-order valence-corrected chi connectivity index (χ2v) is 8.55. The quantitative estimate of drug-likeness (QED) is 0.366. The zero-order chi connectivity index (χ0) is 21.9. The summed E-state index contributed by atoms with van der Waals surface area (Å²) in [4.78, 5) is 1.85. The van der Waals surface area contributed by atoms with Crippen LogP contribution in [0.15, 0.2) is 33.2 Å². The van der Waals surface area contributed by atoms with Crippen LogP contribution in [0.5, 0.6) is 0 Å². The molecule has 1 unspecified atom stereocenters. The van der Waals surface area contributed by atoms with Crippen LogP contribution in [-0.4, -0.2) is 42.3 Å². The van der Waals surface area contributed by atoms with Gasteiger partial charge in [-0.05, 0) is 67.3 Å². The highest BCUT2D eigenvalue weighted by molar-refractivity contribution is 9.10. The van der Waals surface area contributed by atoms with Crippen molar-refractivity contribution in [2.75, 3.05) is 37.4 Å². The summed E-state index contributed by atoms with van der Waals surface area (Å²) in [6.45, 7) is 3.18. The normalized spacial score (nSPS) is 21.3. The molecule has 7 nitrogen and oxygen atoms in total. The Bertz CT molecular complexity index is 915. The topological polar surface area (TPSA) is 109 Å². The van der Waals surface area contributed by atoms with Gasteiger partial charge >= 0.3 is 0 Å². The van der Waals surface area contributed by atoms with E-state index in [1.807, 2.05) is 4.90 Å². The largest absolute Gasteiger partial charge is 0.398 e. The maximum absolute atomic E-state index is 13.6. The van der Waals surface area contributed by atoms with Gasteiger partial charge in [0.25, 0.3) is 5.97 Å². The summed E-state index contributed by atoms with van der Waals surface area (Å²) in [5.74, 6) is -2.06. The first-order chi connectivity index (χ1) is 14.2. The minimum atomic E-state index is -1.35. The molecule has 0 radical (unpaired) electrons. The number of nitrogens with one attached hydrogen (secondary N) is 2. The Kier molecular flexibility index (Phi) is 7.66. The zero-order valence-electron chi connectivity index (χ0n) is 16.0. The average molecular weight is 551 g/mol. The molecule has 4 rings (SSSR count). The number of hydrogen-bond acceptors (Lipinski definition) is 7. The number of nitrogens with zero attached hydrogens (tertiary/aromatic N) is 1. The van der Waals surface area contributed by atoms with Crippen molar-refractivity contribution in [1.29, 1.82) is 0 Å². The van der Waals surface area contributed by atoms with Crippen LogP contribution in [0, 0.1) is 11.6 Å². The number of nitrogens with two attached hydrogens (primary N) is 2. The van der Waals surface area contributed by atoms with Gasteiger partial charge < -0.3 is 26.6 Å². The second kappa shape index (κ2) is 9.86. The molecule has 2 aliphatic heterocycles. The third-order valence-corrected chi connectivity index (χ3v) is 6.07. The van der Waals surface area contributed by atoms with Crippen molar-refractivity contribution in [3.63, 3.8) is 0 Å². The van der Waals surface area contributed by atoms with Crippen LogP contribution in [0.1, 0.15) is 11.1 Å². The Morgan fingerprint density at radius 3 is 2.40 bits per heavy atom. The van der Waals surface area contributed by atoms with Gasteiger partial charge in [0.1, 0.15) is 11.6 Å². The van der Waals surface area contributed by atoms with Gasteiger partial charge in [-0.2, -0.15) is 0 Å². The van der Waals surface area contributed by atoms with E-state index in [4.69, 9.17) is 16.2 Å². The number of benzene rings is 2. The van der Waals surface area contributed by atoms with Crippen LogP contribution in [0.25, 0.3) is 0 Å². The molecular weight excluding hydrogens is 528 g/mol. The lowest BCUT2D eigenvalue weighted by molar-refractivity contribution is -0.145. The van der Waals surface area contributed by atoms with Crippen molar-refractivity contribution in [2.24, 2.45) is 5.73 Å². The predicted octanol–water partition coefficient (Wildman–Crippen LogP) is 2.67. The van der Waals surface area contributed by atoms with Gasteiger partial charge in [-0.1, -0.05) is 0 Å². The Hall–Kier alpha value is -1.34. The number of fused-ring (bicyclic) bond motifs is 1. The van der Waals surface area contributed by atoms with E-state index in [2.05, 4.69) is 42.5 Å². The molecule has 0 bridgehead atoms. The molecule has 1 fully saturated rings. The molecule has 0 aliphatic carbocycles. The number of halogens is 4. The molecule has 1 atom stereocenters. The Morgan fingerprint density at radius 1 is 1.10 bits per heavy atom. The van der Waals surface area contributed by atoms with Crippen molar-refractivity contribution >= 4 is 43.2 Å². The number of aliphatic hydroxyl groups is 1. The highest BCUT2D eigenvalue weighted by Crippen LogP contribution is 2.30. The number of hydrogen-bond donors (Lipinski definition) is 5. The number of anilines is 2. The van der Waals surface area contributed by atoms with Crippen molar-refractivity contribution in [3.05, 3.63) is 56.0 Å². The molecule has 7 N–H and O–H groups in total. The van der Waals surface area contributed by atoms with Gasteiger partial charge in [0, 0.05) is 37.6 Å². The molecule has 0 spiro atoms. The lowest BCUT2D eigenvalue weighted by Crippen LogP contribution is -2.67. The molecule has 2 aromatic rings. The van der Waals surface area contributed by atoms with Gasteiger partial charge in [0.15, 0.2) is 0 Å². The first kappa shape index (κ1) is 23.3. The maximum Gasteiger partial charge on any atom is 0.258 e. The molecule has 0 aromatic heterocycles. The van der Waals surface area contributed by atoms with Crippen molar-refractivity contribution in [3.8, 4) is 0 Å². The number of rotatable bonds is 2. The van der Waals surface area contributed by atoms with Gasteiger partial charge in [-0.15, -0.1) is 0 Å². The molecular formula is C19H23Br2F2N5O2. The minimum Gasteiger partial charge on any atom is -0.398 e. The third kappa shape index (κ3) is 5.28. The van der Waals surface area contributed by atoms with Crippen molar-refractivity contribution < 1.29 is 18.6 Å². The molecule has 30 heavy (non-hydrogen) atoms. The highest BCUT2D eigenvalue weighted by atomic mass is 79.9. The maximum atomic E-state index is 13.6. The van der Waals surface area contributed by atoms with Crippen LogP contribution in [0.2, 0.25) is 0 Å². The monoisotopic (exact) mass is 549 g/mol. The fourth-order valence-corrected chi connectivity index (χ4v) is 3.94. The average Bonchev–Trinajstić information content (AvgIpc) is 2.73. The van der Waals surface area contributed by atoms with Crippen LogP contribution < -0.4 is 22.1 Å². The van der Waals surface area contributed by atoms with Gasteiger partial charge in [0.2, 0.25) is 0 Å². The first-order valence-electron chi connectivity index (χ1n) is 9.23. The van der Waals surface area contributed by atoms with E-state index >= 15 is 0 Å². The SMILES string of the molecule is NCc1cc(Br)c(F)cc1N.OC1(N2CCOCC2)NCc2cc(Br)c(F)cc2N1. The summed E-state index contributed by atoms with van der Waals surface area (Å²) < 4.78 is 32.4. The number of ether oxygens (including phenoxy) is 1. The summed E-state index contributed by atoms with van der Waals surface area (Å²) in [7, 11) is 0. The predicted molar refractivity (Wildman–Crippen MR) is 118 cm³/mol. The Morgan fingerprint density at radius 2 is 1.73 bits per heavy atom. The van der Waals surface area contributed by atoms with E-state index in [1.54, 1.807) is 12.1 Å². The molecule has 2 heterocycles. The van der Waals surface area contributed by atoms with E-state index < -0.39 is 5.97 Å². The minimum absolute atomic E-state index is 0.324. The zero-order valence-corrected chi connectivity index (χ0v) is 19.2. The van der Waals surface area contributed by atoms with Crippen LogP contribution in [0.4, 0.5) is 20.2 Å². The van der Waals surface area contributed by atoms with Crippen LogP contribution in [-0.2, 0) is 17.8 Å². The fourth-order valence-electron chi connectivity index (χ4n) is 3.16. The molecule has 2 aromatic carbocycles. The number of morpholine rings is 1. The molecule has 0 amide bonds. The van der Waals surface area contributed by atoms with E-state index in [9.17, 15) is 13.9 Å². The van der Waals surface area contributed by atoms with Gasteiger partial charge in [0.05, 0.1) is 22.2 Å². The van der Waals surface area contributed by atoms with Crippen LogP contribution in [0.3, 0.4) is 0 Å². The molecule has 164 valence electrons. The summed E-state index contributed by atoms with van der Waals surface area (Å²) >= 11 is 6.19. The molecule has 1 saturated heterocycles. The third-order valence-electron chi connectivity index (χ3n) is 4.85. The van der Waals surface area contributed by atoms with E-state index in [0.29, 0.717) is 59.7 Å². The lowest BCUT2D eigenvalue weighted by Gasteiger charge is -2.45. The summed E-state index contributed by atoms with van der Waals surface area (Å²) in [5.41, 5.74) is 13.5. The van der Waals surface area contributed by atoms with E-state index in [1.165, 1.54) is 12.1 Å². The Balaban J connectivity index is 0.000000199. The van der Waals surface area contributed by atoms with Crippen molar-refractivity contribution in [1.82, 2.24) is 10.2 Å². The second-order valence-electron chi connectivity index (χ2n) is 6.84. The van der Waals surface area contributed by atoms with Gasteiger partial charge in [-0.3, -0.25) is 5.32 Å². The highest BCUT2D eigenvalue weighted by Gasteiger charge is 2.38. The Labute approximate surface area is 190 Å². The number of nitrogen functional groups attached to an aromatic ring is 1. The molecule has 2 aliphatic rings. The summed E-state index contributed by atoms with van der Waals surface area (Å²) in [6.07, 6.45) is 0. The standard InChI is InChI=1S/C12H15BrFN3O2.C7H8BrFN2/c13-9-5-8-7-15-12(18,16-11(8)6-10(9)14)17-1-3-19-4-2-17;8-5-1-4(3-10)7(11)2-6(5)9/h5-6,15-16,18H,1-4,7H2;1-2H,3,10-11H2. The first-order valence-corrected chi connectivity index (χ1v) is 10.8. The summed E-state index contributed by atoms with van der Waals surface area (Å²) in [6, 6.07) is 5.95. The fraction of sp³-hybridized carbons (Fsp3) is 0.368.